The van der Waals surface area contributed by atoms with Gasteiger partial charge in [-0.05, 0) is 44.7 Å². The average Bonchev–Trinajstić information content (AvgIpc) is 2.94. The molecule has 21 heavy (non-hydrogen) atoms. The summed E-state index contributed by atoms with van der Waals surface area (Å²) in [6, 6.07) is 8.43. The largest absolute Gasteiger partial charge is 0.375 e. The van der Waals surface area contributed by atoms with E-state index in [-0.39, 0.29) is 11.5 Å². The van der Waals surface area contributed by atoms with Gasteiger partial charge in [0.1, 0.15) is 5.78 Å². The van der Waals surface area contributed by atoms with Crippen LogP contribution < -0.4 is 0 Å². The van der Waals surface area contributed by atoms with Crippen LogP contribution in [0.4, 0.5) is 0 Å². The topological polar surface area (TPSA) is 26.3 Å². The van der Waals surface area contributed by atoms with Crippen molar-refractivity contribution in [3.63, 3.8) is 0 Å². The van der Waals surface area contributed by atoms with Gasteiger partial charge in [0.15, 0.2) is 0 Å². The van der Waals surface area contributed by atoms with Gasteiger partial charge in [-0.25, -0.2) is 0 Å². The second kappa shape index (κ2) is 6.53. The van der Waals surface area contributed by atoms with Crippen molar-refractivity contribution in [3.8, 4) is 0 Å². The lowest BCUT2D eigenvalue weighted by Crippen LogP contribution is -2.40. The zero-order chi connectivity index (χ0) is 14.7. The molecule has 1 saturated carbocycles. The molecule has 0 radical (unpaired) electrons. The number of Topliss-reactive ketones (excluding diaryl/α,β-unsaturated/α-hetero) is 1. The maximum atomic E-state index is 12.5. The quantitative estimate of drug-likeness (QED) is 0.771. The highest BCUT2D eigenvalue weighted by molar-refractivity contribution is 8.00. The highest BCUT2D eigenvalue weighted by Gasteiger charge is 2.41. The number of rotatable bonds is 4. The Morgan fingerprint density at radius 3 is 2.71 bits per heavy atom. The standard InChI is InChI=1S/C18H24O2S/c1-14-4-6-16(7-5-14)21-13-17(19)15-8-11-20-18(12-15)9-2-3-10-18/h4-7,15H,2-3,8-13H2,1H3. The molecule has 1 atom stereocenters. The molecule has 3 heteroatoms. The molecule has 1 heterocycles. The Kier molecular flexibility index (Phi) is 4.70. The molecule has 0 N–H and O–H groups in total. The predicted octanol–water partition coefficient (Wildman–Crippen LogP) is 4.40. The van der Waals surface area contributed by atoms with Crippen molar-refractivity contribution in [1.82, 2.24) is 0 Å². The highest BCUT2D eigenvalue weighted by Crippen LogP contribution is 2.42. The first-order chi connectivity index (χ1) is 10.2. The van der Waals surface area contributed by atoms with Crippen LogP contribution in [0.1, 0.15) is 44.1 Å². The molecule has 1 aromatic carbocycles. The molecule has 1 unspecified atom stereocenters. The third-order valence-electron chi connectivity index (χ3n) is 4.87. The van der Waals surface area contributed by atoms with E-state index in [0.29, 0.717) is 11.5 Å². The Balaban J connectivity index is 1.54. The van der Waals surface area contributed by atoms with Crippen molar-refractivity contribution in [3.05, 3.63) is 29.8 Å². The van der Waals surface area contributed by atoms with Gasteiger partial charge in [-0.3, -0.25) is 4.79 Å². The number of thioether (sulfide) groups is 1. The minimum atomic E-state index is 0.0487. The van der Waals surface area contributed by atoms with Gasteiger partial charge in [0.25, 0.3) is 0 Å². The maximum Gasteiger partial charge on any atom is 0.146 e. The fourth-order valence-electron chi connectivity index (χ4n) is 3.58. The summed E-state index contributed by atoms with van der Waals surface area (Å²) in [5, 5.41) is 0. The van der Waals surface area contributed by atoms with Crippen molar-refractivity contribution < 1.29 is 9.53 Å². The zero-order valence-electron chi connectivity index (χ0n) is 12.8. The van der Waals surface area contributed by atoms with E-state index in [4.69, 9.17) is 4.74 Å². The lowest BCUT2D eigenvalue weighted by molar-refractivity contribution is -0.134. The molecule has 0 bridgehead atoms. The number of hydrogen-bond donors (Lipinski definition) is 0. The summed E-state index contributed by atoms with van der Waals surface area (Å²) in [6.45, 7) is 2.86. The summed E-state index contributed by atoms with van der Waals surface area (Å²) in [6.07, 6.45) is 6.71. The van der Waals surface area contributed by atoms with Gasteiger partial charge in [0, 0.05) is 17.4 Å². The Bertz CT molecular complexity index is 488. The highest BCUT2D eigenvalue weighted by atomic mass is 32.2. The minimum Gasteiger partial charge on any atom is -0.375 e. The first-order valence-corrected chi connectivity index (χ1v) is 9.02. The van der Waals surface area contributed by atoms with Crippen molar-refractivity contribution in [2.75, 3.05) is 12.4 Å². The van der Waals surface area contributed by atoms with Crippen LogP contribution in [0.15, 0.2) is 29.2 Å². The molecule has 1 aliphatic carbocycles. The monoisotopic (exact) mass is 304 g/mol. The van der Waals surface area contributed by atoms with Gasteiger partial charge >= 0.3 is 0 Å². The Labute approximate surface area is 131 Å². The van der Waals surface area contributed by atoms with E-state index < -0.39 is 0 Å². The molecule has 3 rings (SSSR count). The first-order valence-electron chi connectivity index (χ1n) is 8.03. The van der Waals surface area contributed by atoms with Crippen molar-refractivity contribution in [1.29, 1.82) is 0 Å². The smallest absolute Gasteiger partial charge is 0.146 e. The summed E-state index contributed by atoms with van der Waals surface area (Å²) in [5.74, 6) is 1.23. The molecule has 1 spiro atoms. The van der Waals surface area contributed by atoms with Crippen LogP contribution in [0.2, 0.25) is 0 Å². The van der Waals surface area contributed by atoms with Crippen LogP contribution in [0, 0.1) is 12.8 Å². The molecule has 114 valence electrons. The van der Waals surface area contributed by atoms with E-state index in [1.54, 1.807) is 11.8 Å². The molecular formula is C18H24O2S. The third-order valence-corrected chi connectivity index (χ3v) is 5.90. The van der Waals surface area contributed by atoms with Crippen molar-refractivity contribution in [2.45, 2.75) is 55.9 Å². The second-order valence-electron chi connectivity index (χ2n) is 6.50. The summed E-state index contributed by atoms with van der Waals surface area (Å²) in [7, 11) is 0. The number of carbonyl (C=O) groups excluding carboxylic acids is 1. The van der Waals surface area contributed by atoms with E-state index in [1.807, 2.05) is 0 Å². The zero-order valence-corrected chi connectivity index (χ0v) is 13.6. The van der Waals surface area contributed by atoms with E-state index in [0.717, 1.165) is 32.3 Å². The fourth-order valence-corrected chi connectivity index (χ4v) is 4.45. The number of carbonyl (C=O) groups is 1. The Hall–Kier alpha value is -0.800. The maximum absolute atomic E-state index is 12.5. The summed E-state index contributed by atoms with van der Waals surface area (Å²) < 4.78 is 6.02. The summed E-state index contributed by atoms with van der Waals surface area (Å²) in [5.41, 5.74) is 1.31. The van der Waals surface area contributed by atoms with Crippen molar-refractivity contribution >= 4 is 17.5 Å². The van der Waals surface area contributed by atoms with Gasteiger partial charge in [0.2, 0.25) is 0 Å². The van der Waals surface area contributed by atoms with Gasteiger partial charge in [0.05, 0.1) is 11.4 Å². The van der Waals surface area contributed by atoms with Crippen LogP contribution in [0.3, 0.4) is 0 Å². The fraction of sp³-hybridized carbons (Fsp3) is 0.611. The van der Waals surface area contributed by atoms with E-state index in [1.165, 1.54) is 23.3 Å². The normalized spacial score (nSPS) is 24.3. The van der Waals surface area contributed by atoms with Crippen LogP contribution in [-0.4, -0.2) is 23.7 Å². The van der Waals surface area contributed by atoms with Gasteiger partial charge in [-0.1, -0.05) is 30.5 Å². The van der Waals surface area contributed by atoms with Gasteiger partial charge < -0.3 is 4.74 Å². The second-order valence-corrected chi connectivity index (χ2v) is 7.55. The molecule has 1 saturated heterocycles. The number of ether oxygens (including phenoxy) is 1. The molecule has 2 aliphatic rings. The molecule has 1 aliphatic heterocycles. The molecule has 0 amide bonds. The minimum absolute atomic E-state index is 0.0487. The van der Waals surface area contributed by atoms with Crippen LogP contribution in [-0.2, 0) is 9.53 Å². The number of aryl methyl sites for hydroxylation is 1. The predicted molar refractivity (Wildman–Crippen MR) is 86.8 cm³/mol. The first kappa shape index (κ1) is 15.1. The lowest BCUT2D eigenvalue weighted by atomic mass is 9.83. The molecular weight excluding hydrogens is 280 g/mol. The van der Waals surface area contributed by atoms with E-state index in [2.05, 4.69) is 31.2 Å². The molecule has 2 fully saturated rings. The Morgan fingerprint density at radius 1 is 1.29 bits per heavy atom. The third kappa shape index (κ3) is 3.70. The Morgan fingerprint density at radius 2 is 2.00 bits per heavy atom. The summed E-state index contributed by atoms with van der Waals surface area (Å²) in [4.78, 5) is 13.7. The summed E-state index contributed by atoms with van der Waals surface area (Å²) >= 11 is 1.67. The molecule has 1 aromatic rings. The lowest BCUT2D eigenvalue weighted by Gasteiger charge is -2.37. The SMILES string of the molecule is Cc1ccc(SCC(=O)C2CCOC3(CCCC3)C2)cc1. The van der Waals surface area contributed by atoms with Crippen LogP contribution >= 0.6 is 11.8 Å². The molecule has 0 aromatic heterocycles. The average molecular weight is 304 g/mol. The van der Waals surface area contributed by atoms with Gasteiger partial charge in [-0.2, -0.15) is 0 Å². The van der Waals surface area contributed by atoms with E-state index >= 15 is 0 Å². The molecule has 2 nitrogen and oxygen atoms in total. The number of ketones is 1. The van der Waals surface area contributed by atoms with E-state index in [9.17, 15) is 4.79 Å². The van der Waals surface area contributed by atoms with Crippen molar-refractivity contribution in [2.24, 2.45) is 5.92 Å². The van der Waals surface area contributed by atoms with Crippen LogP contribution in [0.25, 0.3) is 0 Å². The number of benzene rings is 1. The number of hydrogen-bond acceptors (Lipinski definition) is 3. The van der Waals surface area contributed by atoms with Crippen LogP contribution in [0.5, 0.6) is 0 Å². The van der Waals surface area contributed by atoms with Gasteiger partial charge in [-0.15, -0.1) is 11.8 Å².